The van der Waals surface area contributed by atoms with Crippen LogP contribution in [0.3, 0.4) is 0 Å². The number of carbonyl (C=O) groups is 2. The molecule has 2 heterocycles. The number of fused-ring (bicyclic) bond motifs is 2. The van der Waals surface area contributed by atoms with E-state index in [0.29, 0.717) is 11.1 Å². The average molecular weight is 763 g/mol. The van der Waals surface area contributed by atoms with Crippen LogP contribution in [0.1, 0.15) is 77.3 Å². The van der Waals surface area contributed by atoms with Crippen LogP contribution in [0.25, 0.3) is 32.7 Å². The molecule has 2 atom stereocenters. The molecule has 0 aliphatic heterocycles. The smallest absolute Gasteiger partial charge is 0.345 e. The second kappa shape index (κ2) is 13.2. The van der Waals surface area contributed by atoms with Gasteiger partial charge >= 0.3 is 17.8 Å². The van der Waals surface area contributed by atoms with Gasteiger partial charge in [-0.15, -0.1) is 22.7 Å². The number of nitrogens with one attached hydrogen (secondary N) is 2. The molecule has 0 fully saturated rings. The number of rotatable bonds is 8. The standard InChI is InChI=1S/C41H32F6N2O2S2/c1-21-19-31(35(52-21)37(50)48-23(3)27-17-9-13-25-11-5-7-15-29(25)27)33-34(40(44,45)41(46,47)39(33,42)43)32-20-22(2)53-36(32)38(51)49-24(4)28-18-10-14-26-12-6-8-16-30(26)28/h5-20,23-24H,1-4H3,(H,48,50)(H,49,51)/t23-,24-/m1/s1. The van der Waals surface area contributed by atoms with Crippen molar-refractivity contribution >= 4 is 67.2 Å². The third kappa shape index (κ3) is 5.92. The van der Waals surface area contributed by atoms with Crippen LogP contribution in [-0.4, -0.2) is 29.6 Å². The summed E-state index contributed by atoms with van der Waals surface area (Å²) in [6.45, 7) is 6.28. The van der Waals surface area contributed by atoms with Crippen molar-refractivity contribution in [3.05, 3.63) is 139 Å². The van der Waals surface area contributed by atoms with Gasteiger partial charge in [0.2, 0.25) is 0 Å². The fourth-order valence-electron chi connectivity index (χ4n) is 7.11. The van der Waals surface area contributed by atoms with E-state index in [9.17, 15) is 9.59 Å². The molecule has 0 radical (unpaired) electrons. The highest BCUT2D eigenvalue weighted by Gasteiger charge is 2.80. The van der Waals surface area contributed by atoms with Gasteiger partial charge in [-0.3, -0.25) is 9.59 Å². The van der Waals surface area contributed by atoms with Gasteiger partial charge in [-0.05, 0) is 72.5 Å². The Labute approximate surface area is 309 Å². The number of aryl methyl sites for hydroxylation is 2. The molecule has 4 nitrogen and oxygen atoms in total. The Morgan fingerprint density at radius 3 is 1.32 bits per heavy atom. The molecule has 4 aromatic carbocycles. The number of amides is 2. The highest BCUT2D eigenvalue weighted by Crippen LogP contribution is 2.66. The van der Waals surface area contributed by atoms with E-state index in [1.807, 2.05) is 60.7 Å². The molecule has 7 rings (SSSR count). The average Bonchev–Trinajstić information content (AvgIpc) is 3.73. The maximum atomic E-state index is 16.1. The van der Waals surface area contributed by atoms with Crippen molar-refractivity contribution in [1.82, 2.24) is 10.6 Å². The fourth-order valence-corrected chi connectivity index (χ4v) is 8.95. The van der Waals surface area contributed by atoms with Crippen molar-refractivity contribution in [2.45, 2.75) is 57.5 Å². The van der Waals surface area contributed by atoms with E-state index < -0.39 is 73.7 Å². The molecule has 0 unspecified atom stereocenters. The molecule has 2 amide bonds. The Morgan fingerprint density at radius 1 is 0.566 bits per heavy atom. The predicted octanol–water partition coefficient (Wildman–Crippen LogP) is 11.5. The van der Waals surface area contributed by atoms with Crippen LogP contribution in [0.5, 0.6) is 0 Å². The zero-order valence-corrected chi connectivity index (χ0v) is 30.4. The number of halogens is 6. The second-order valence-corrected chi connectivity index (χ2v) is 15.7. The summed E-state index contributed by atoms with van der Waals surface area (Å²) in [4.78, 5) is 27.4. The third-order valence-electron chi connectivity index (χ3n) is 9.60. The first-order chi connectivity index (χ1) is 25.0. The summed E-state index contributed by atoms with van der Waals surface area (Å²) < 4.78 is 95.2. The number of hydrogen-bond acceptors (Lipinski definition) is 4. The lowest BCUT2D eigenvalue weighted by Crippen LogP contribution is -2.49. The van der Waals surface area contributed by atoms with Crippen LogP contribution < -0.4 is 10.6 Å². The molecular weight excluding hydrogens is 731 g/mol. The Bertz CT molecular complexity index is 2290. The van der Waals surface area contributed by atoms with Gasteiger partial charge in [0.1, 0.15) is 0 Å². The lowest BCUT2D eigenvalue weighted by molar-refractivity contribution is -0.254. The summed E-state index contributed by atoms with van der Waals surface area (Å²) in [5.41, 5.74) is -3.45. The van der Waals surface area contributed by atoms with Gasteiger partial charge < -0.3 is 10.6 Å². The number of hydrogen-bond donors (Lipinski definition) is 2. The predicted molar refractivity (Wildman–Crippen MR) is 199 cm³/mol. The molecule has 0 saturated heterocycles. The monoisotopic (exact) mass is 762 g/mol. The van der Waals surface area contributed by atoms with E-state index in [2.05, 4.69) is 10.6 Å². The van der Waals surface area contributed by atoms with Crippen molar-refractivity contribution < 1.29 is 35.9 Å². The van der Waals surface area contributed by atoms with Gasteiger partial charge in [0.05, 0.1) is 21.8 Å². The number of benzene rings is 4. The van der Waals surface area contributed by atoms with Crippen molar-refractivity contribution in [3.63, 3.8) is 0 Å². The van der Waals surface area contributed by atoms with E-state index in [-0.39, 0.29) is 9.75 Å². The molecule has 272 valence electrons. The van der Waals surface area contributed by atoms with Gasteiger partial charge in [0.25, 0.3) is 11.8 Å². The van der Waals surface area contributed by atoms with E-state index in [4.69, 9.17) is 0 Å². The Morgan fingerprint density at radius 2 is 0.925 bits per heavy atom. The first-order valence-electron chi connectivity index (χ1n) is 16.7. The van der Waals surface area contributed by atoms with Crippen LogP contribution in [0.2, 0.25) is 0 Å². The minimum atomic E-state index is -5.88. The molecule has 12 heteroatoms. The van der Waals surface area contributed by atoms with E-state index in [0.717, 1.165) is 56.4 Å². The Kier molecular flexibility index (Phi) is 9.05. The first-order valence-corrected chi connectivity index (χ1v) is 18.3. The Hall–Kier alpha value is -4.94. The number of carbonyl (C=O) groups excluding carboxylic acids is 2. The van der Waals surface area contributed by atoms with E-state index in [1.165, 1.54) is 13.8 Å². The van der Waals surface area contributed by atoms with Crippen molar-refractivity contribution in [1.29, 1.82) is 0 Å². The number of allylic oxidation sites excluding steroid dienone is 2. The minimum Gasteiger partial charge on any atom is -0.345 e. The van der Waals surface area contributed by atoms with Crippen LogP contribution in [0.15, 0.2) is 97.1 Å². The van der Waals surface area contributed by atoms with Crippen LogP contribution in [0.4, 0.5) is 26.3 Å². The van der Waals surface area contributed by atoms with Gasteiger partial charge in [-0.1, -0.05) is 84.9 Å². The van der Waals surface area contributed by atoms with Gasteiger partial charge in [-0.2, -0.15) is 26.3 Å². The minimum absolute atomic E-state index is 0.257. The summed E-state index contributed by atoms with van der Waals surface area (Å²) in [7, 11) is 0. The van der Waals surface area contributed by atoms with Gasteiger partial charge in [-0.25, -0.2) is 0 Å². The molecule has 6 aromatic rings. The SMILES string of the molecule is Cc1cc(C2=C(c3cc(C)sc3C(=O)N[C@H](C)c3cccc4ccccc34)C(F)(F)C(F)(F)C2(F)F)c(C(=O)N[C@H](C)c2cccc3ccccc23)s1. The van der Waals surface area contributed by atoms with Crippen LogP contribution in [0, 0.1) is 13.8 Å². The number of alkyl halides is 6. The molecule has 2 aromatic heterocycles. The Balaban J connectivity index is 1.32. The normalized spacial score (nSPS) is 17.2. The van der Waals surface area contributed by atoms with E-state index >= 15 is 26.3 Å². The molecule has 0 spiro atoms. The van der Waals surface area contributed by atoms with Gasteiger partial charge in [0.15, 0.2) is 0 Å². The maximum absolute atomic E-state index is 16.1. The lowest BCUT2D eigenvalue weighted by atomic mass is 9.94. The molecular formula is C41H32F6N2O2S2. The second-order valence-electron chi connectivity index (χ2n) is 13.2. The molecule has 53 heavy (non-hydrogen) atoms. The quantitative estimate of drug-likeness (QED) is 0.152. The fraction of sp³-hybridized carbons (Fsp3) is 0.220. The first kappa shape index (κ1) is 36.4. The molecule has 0 saturated carbocycles. The zero-order chi connectivity index (χ0) is 38.0. The van der Waals surface area contributed by atoms with Crippen molar-refractivity contribution in [2.24, 2.45) is 0 Å². The largest absolute Gasteiger partial charge is 0.380 e. The van der Waals surface area contributed by atoms with Gasteiger partial charge in [0, 0.05) is 32.0 Å². The highest BCUT2D eigenvalue weighted by molar-refractivity contribution is 7.14. The summed E-state index contributed by atoms with van der Waals surface area (Å²) in [6.07, 6.45) is 0. The maximum Gasteiger partial charge on any atom is 0.380 e. The van der Waals surface area contributed by atoms with Crippen LogP contribution >= 0.6 is 22.7 Å². The third-order valence-corrected chi connectivity index (χ3v) is 11.7. The molecule has 2 N–H and O–H groups in total. The lowest BCUT2D eigenvalue weighted by Gasteiger charge is -2.26. The zero-order valence-electron chi connectivity index (χ0n) is 28.8. The van der Waals surface area contributed by atoms with Crippen molar-refractivity contribution in [2.75, 3.05) is 0 Å². The molecule has 1 aliphatic carbocycles. The number of thiophene rings is 2. The van der Waals surface area contributed by atoms with E-state index in [1.54, 1.807) is 38.1 Å². The van der Waals surface area contributed by atoms with Crippen molar-refractivity contribution in [3.8, 4) is 0 Å². The molecule has 0 bridgehead atoms. The summed E-state index contributed by atoms with van der Waals surface area (Å²) in [5, 5.41) is 8.94. The summed E-state index contributed by atoms with van der Waals surface area (Å²) in [5.74, 6) is -18.5. The highest BCUT2D eigenvalue weighted by atomic mass is 32.1. The topological polar surface area (TPSA) is 58.2 Å². The van der Waals surface area contributed by atoms with Crippen LogP contribution in [-0.2, 0) is 0 Å². The summed E-state index contributed by atoms with van der Waals surface area (Å²) in [6, 6.07) is 26.5. The molecule has 1 aliphatic rings. The summed E-state index contributed by atoms with van der Waals surface area (Å²) >= 11 is 1.45.